The van der Waals surface area contributed by atoms with Crippen molar-refractivity contribution in [2.24, 2.45) is 5.92 Å². The molecule has 122 valence electrons. The zero-order valence-electron chi connectivity index (χ0n) is 12.7. The summed E-state index contributed by atoms with van der Waals surface area (Å²) in [4.78, 5) is 12.2. The number of nitrogens with one attached hydrogen (secondary N) is 1. The van der Waals surface area contributed by atoms with Crippen LogP contribution in [0.4, 0.5) is 5.69 Å². The van der Waals surface area contributed by atoms with Crippen molar-refractivity contribution in [2.45, 2.75) is 12.8 Å². The topological polar surface area (TPSA) is 75.7 Å². The van der Waals surface area contributed by atoms with Crippen molar-refractivity contribution in [2.75, 3.05) is 37.9 Å². The van der Waals surface area contributed by atoms with Gasteiger partial charge < -0.3 is 10.1 Å². The molecule has 0 atom stereocenters. The zero-order valence-corrected chi connectivity index (χ0v) is 13.5. The summed E-state index contributed by atoms with van der Waals surface area (Å²) in [5.41, 5.74) is 0.766. The number of ether oxygens (including phenoxy) is 1. The number of carbonyl (C=O) groups is 1. The predicted molar refractivity (Wildman–Crippen MR) is 85.0 cm³/mol. The van der Waals surface area contributed by atoms with Crippen molar-refractivity contribution >= 4 is 21.6 Å². The van der Waals surface area contributed by atoms with Crippen molar-refractivity contribution < 1.29 is 17.9 Å². The van der Waals surface area contributed by atoms with E-state index in [-0.39, 0.29) is 24.2 Å². The van der Waals surface area contributed by atoms with Crippen LogP contribution in [-0.2, 0) is 19.6 Å². The molecule has 1 aliphatic rings. The number of piperidine rings is 1. The second-order valence-corrected chi connectivity index (χ2v) is 7.43. The van der Waals surface area contributed by atoms with Crippen LogP contribution in [0.2, 0.25) is 0 Å². The quantitative estimate of drug-likeness (QED) is 0.855. The highest BCUT2D eigenvalue weighted by Crippen LogP contribution is 2.21. The average molecular weight is 326 g/mol. The van der Waals surface area contributed by atoms with Crippen LogP contribution in [0.1, 0.15) is 12.8 Å². The Hall–Kier alpha value is -1.44. The fourth-order valence-corrected chi connectivity index (χ4v) is 3.88. The van der Waals surface area contributed by atoms with E-state index in [1.807, 2.05) is 30.3 Å². The van der Waals surface area contributed by atoms with Gasteiger partial charge in [0.1, 0.15) is 0 Å². The van der Waals surface area contributed by atoms with Gasteiger partial charge in [-0.1, -0.05) is 18.2 Å². The molecule has 1 heterocycles. The Bertz CT molecular complexity index is 581. The minimum absolute atomic E-state index is 0.00955. The maximum Gasteiger partial charge on any atom is 0.227 e. The molecule has 0 bridgehead atoms. The van der Waals surface area contributed by atoms with E-state index in [4.69, 9.17) is 4.74 Å². The number of para-hydroxylation sites is 1. The first-order chi connectivity index (χ1) is 10.5. The summed E-state index contributed by atoms with van der Waals surface area (Å²) in [5, 5.41) is 2.87. The predicted octanol–water partition coefficient (Wildman–Crippen LogP) is 1.31. The van der Waals surface area contributed by atoms with E-state index >= 15 is 0 Å². The smallest absolute Gasteiger partial charge is 0.227 e. The molecular formula is C15H22N2O4S. The van der Waals surface area contributed by atoms with E-state index in [0.29, 0.717) is 25.9 Å². The Balaban J connectivity index is 1.85. The molecule has 6 nitrogen and oxygen atoms in total. The van der Waals surface area contributed by atoms with E-state index in [2.05, 4.69) is 5.32 Å². The number of benzene rings is 1. The van der Waals surface area contributed by atoms with Crippen molar-refractivity contribution in [3.05, 3.63) is 30.3 Å². The van der Waals surface area contributed by atoms with Crippen LogP contribution in [0.3, 0.4) is 0 Å². The molecule has 0 radical (unpaired) electrons. The minimum atomic E-state index is -3.28. The third kappa shape index (κ3) is 4.53. The van der Waals surface area contributed by atoms with Crippen molar-refractivity contribution in [3.8, 4) is 0 Å². The van der Waals surface area contributed by atoms with Gasteiger partial charge in [-0.05, 0) is 25.0 Å². The van der Waals surface area contributed by atoms with Crippen LogP contribution in [0.15, 0.2) is 30.3 Å². The van der Waals surface area contributed by atoms with Crippen molar-refractivity contribution in [1.82, 2.24) is 4.31 Å². The molecule has 1 aliphatic heterocycles. The summed E-state index contributed by atoms with van der Waals surface area (Å²) in [6.45, 7) is 0.967. The molecular weight excluding hydrogens is 304 g/mol. The van der Waals surface area contributed by atoms with Gasteiger partial charge in [-0.2, -0.15) is 0 Å². The van der Waals surface area contributed by atoms with E-state index < -0.39 is 10.0 Å². The Labute approximate surface area is 131 Å². The summed E-state index contributed by atoms with van der Waals surface area (Å²) in [6, 6.07) is 9.28. The fraction of sp³-hybridized carbons (Fsp3) is 0.533. The molecule has 7 heteroatoms. The first-order valence-corrected chi connectivity index (χ1v) is 8.96. The van der Waals surface area contributed by atoms with E-state index in [1.54, 1.807) is 0 Å². The largest absolute Gasteiger partial charge is 0.384 e. The summed E-state index contributed by atoms with van der Waals surface area (Å²) in [6.07, 6.45) is 1.09. The van der Waals surface area contributed by atoms with Gasteiger partial charge in [0.15, 0.2) is 0 Å². The molecule has 1 amide bonds. The number of methoxy groups -OCH3 is 1. The lowest BCUT2D eigenvalue weighted by Crippen LogP contribution is -2.42. The molecule has 1 N–H and O–H groups in total. The van der Waals surface area contributed by atoms with Gasteiger partial charge in [0, 0.05) is 31.8 Å². The Morgan fingerprint density at radius 1 is 1.27 bits per heavy atom. The number of hydrogen-bond donors (Lipinski definition) is 1. The summed E-state index contributed by atoms with van der Waals surface area (Å²) >= 11 is 0. The molecule has 1 fully saturated rings. The van der Waals surface area contributed by atoms with Gasteiger partial charge in [0.2, 0.25) is 15.9 Å². The number of hydrogen-bond acceptors (Lipinski definition) is 4. The second kappa shape index (κ2) is 7.71. The van der Waals surface area contributed by atoms with Gasteiger partial charge in [-0.25, -0.2) is 12.7 Å². The first kappa shape index (κ1) is 16.9. The fourth-order valence-electron chi connectivity index (χ4n) is 2.48. The van der Waals surface area contributed by atoms with Crippen molar-refractivity contribution in [1.29, 1.82) is 0 Å². The highest BCUT2D eigenvalue weighted by atomic mass is 32.2. The average Bonchev–Trinajstić information content (AvgIpc) is 2.54. The van der Waals surface area contributed by atoms with Crippen molar-refractivity contribution in [3.63, 3.8) is 0 Å². The summed E-state index contributed by atoms with van der Waals surface area (Å²) in [7, 11) is -1.80. The number of anilines is 1. The van der Waals surface area contributed by atoms with Gasteiger partial charge in [0.25, 0.3) is 0 Å². The van der Waals surface area contributed by atoms with Gasteiger partial charge in [-0.15, -0.1) is 0 Å². The van der Waals surface area contributed by atoms with Crippen LogP contribution < -0.4 is 5.32 Å². The number of rotatable bonds is 6. The standard InChI is InChI=1S/C15H22N2O4S/c1-21-11-12-22(19,20)17-9-7-13(8-10-17)15(18)16-14-5-3-2-4-6-14/h2-6,13H,7-12H2,1H3,(H,16,18). The third-order valence-corrected chi connectivity index (χ3v) is 5.64. The SMILES string of the molecule is COCCS(=O)(=O)N1CCC(C(=O)Nc2ccccc2)CC1. The molecule has 22 heavy (non-hydrogen) atoms. The van der Waals surface area contributed by atoms with Gasteiger partial charge in [-0.3, -0.25) is 4.79 Å². The van der Waals surface area contributed by atoms with Crippen LogP contribution in [0.25, 0.3) is 0 Å². The van der Waals surface area contributed by atoms with Crippen LogP contribution in [-0.4, -0.2) is 51.2 Å². The first-order valence-electron chi connectivity index (χ1n) is 7.35. The van der Waals surface area contributed by atoms with Crippen LogP contribution in [0, 0.1) is 5.92 Å². The van der Waals surface area contributed by atoms with Crippen LogP contribution in [0.5, 0.6) is 0 Å². The second-order valence-electron chi connectivity index (χ2n) is 5.34. The lowest BCUT2D eigenvalue weighted by molar-refractivity contribution is -0.120. The lowest BCUT2D eigenvalue weighted by atomic mass is 9.97. The lowest BCUT2D eigenvalue weighted by Gasteiger charge is -2.30. The van der Waals surface area contributed by atoms with Crippen LogP contribution >= 0.6 is 0 Å². The molecule has 0 spiro atoms. The number of sulfonamides is 1. The number of carbonyl (C=O) groups excluding carboxylic acids is 1. The van der Waals surface area contributed by atoms with E-state index in [9.17, 15) is 13.2 Å². The molecule has 2 rings (SSSR count). The van der Waals surface area contributed by atoms with E-state index in [0.717, 1.165) is 5.69 Å². The highest BCUT2D eigenvalue weighted by molar-refractivity contribution is 7.89. The molecule has 1 saturated heterocycles. The minimum Gasteiger partial charge on any atom is -0.384 e. The Morgan fingerprint density at radius 2 is 1.91 bits per heavy atom. The molecule has 1 aromatic carbocycles. The van der Waals surface area contributed by atoms with E-state index in [1.165, 1.54) is 11.4 Å². The van der Waals surface area contributed by atoms with Gasteiger partial charge in [0.05, 0.1) is 12.4 Å². The third-order valence-electron chi connectivity index (χ3n) is 3.80. The Kier molecular flexibility index (Phi) is 5.93. The monoisotopic (exact) mass is 326 g/mol. The molecule has 0 unspecified atom stereocenters. The Morgan fingerprint density at radius 3 is 2.50 bits per heavy atom. The maximum absolute atomic E-state index is 12.2. The molecule has 0 aromatic heterocycles. The molecule has 0 aliphatic carbocycles. The molecule has 0 saturated carbocycles. The number of nitrogens with zero attached hydrogens (tertiary/aromatic N) is 1. The maximum atomic E-state index is 12.2. The van der Waals surface area contributed by atoms with Gasteiger partial charge >= 0.3 is 0 Å². The normalized spacial score (nSPS) is 17.3. The number of amides is 1. The summed E-state index contributed by atoms with van der Waals surface area (Å²) in [5.74, 6) is -0.195. The zero-order chi connectivity index (χ0) is 16.0. The highest BCUT2D eigenvalue weighted by Gasteiger charge is 2.30. The summed E-state index contributed by atoms with van der Waals surface area (Å²) < 4.78 is 30.4. The molecule has 1 aromatic rings.